The molecule has 0 N–H and O–H groups in total. The summed E-state index contributed by atoms with van der Waals surface area (Å²) in [7, 11) is 0. The minimum atomic E-state index is -0.400. The average Bonchev–Trinajstić information content (AvgIpc) is 2.50. The van der Waals surface area contributed by atoms with Crippen LogP contribution >= 0.6 is 0 Å². The van der Waals surface area contributed by atoms with Gasteiger partial charge in [-0.05, 0) is 32.9 Å². The van der Waals surface area contributed by atoms with E-state index in [1.165, 1.54) is 0 Å². The summed E-state index contributed by atoms with van der Waals surface area (Å²) in [6.45, 7) is 12.2. The van der Waals surface area contributed by atoms with Gasteiger partial charge in [0.1, 0.15) is 11.4 Å². The largest absolute Gasteiger partial charge is 0.459 e. The van der Waals surface area contributed by atoms with E-state index in [1.54, 1.807) is 0 Å². The Morgan fingerprint density at radius 1 is 1.21 bits per heavy atom. The van der Waals surface area contributed by atoms with Crippen molar-refractivity contribution < 1.29 is 9.53 Å². The van der Waals surface area contributed by atoms with Gasteiger partial charge in [0.2, 0.25) is 0 Å². The van der Waals surface area contributed by atoms with E-state index in [1.807, 2.05) is 39.1 Å². The number of hydrogen-bond donors (Lipinski definition) is 0. The molecule has 0 bridgehead atoms. The van der Waals surface area contributed by atoms with E-state index in [0.29, 0.717) is 12.6 Å². The van der Waals surface area contributed by atoms with Crippen molar-refractivity contribution in [3.8, 4) is 0 Å². The molecule has 2 fully saturated rings. The summed E-state index contributed by atoms with van der Waals surface area (Å²) in [5.41, 5.74) is -0.400. The van der Waals surface area contributed by atoms with Crippen molar-refractivity contribution in [1.82, 2.24) is 14.8 Å². The van der Waals surface area contributed by atoms with Crippen LogP contribution in [-0.2, 0) is 9.53 Å². The molecule has 0 aromatic carbocycles. The Kier molecular flexibility index (Phi) is 5.06. The molecular weight excluding hydrogens is 304 g/mol. The van der Waals surface area contributed by atoms with Crippen molar-refractivity contribution in [2.45, 2.75) is 32.4 Å². The van der Waals surface area contributed by atoms with Gasteiger partial charge < -0.3 is 9.64 Å². The fourth-order valence-corrected chi connectivity index (χ4v) is 3.32. The Balaban J connectivity index is 1.38. The van der Waals surface area contributed by atoms with E-state index in [2.05, 4.69) is 25.8 Å². The molecule has 1 aromatic rings. The number of piperazine rings is 1. The van der Waals surface area contributed by atoms with E-state index in [0.717, 1.165) is 45.1 Å². The maximum atomic E-state index is 11.9. The first-order valence-electron chi connectivity index (χ1n) is 8.75. The second kappa shape index (κ2) is 7.07. The first-order valence-corrected chi connectivity index (χ1v) is 8.75. The van der Waals surface area contributed by atoms with Gasteiger partial charge in [-0.2, -0.15) is 0 Å². The van der Waals surface area contributed by atoms with Crippen LogP contribution in [0.25, 0.3) is 0 Å². The van der Waals surface area contributed by atoms with Crippen molar-refractivity contribution in [2.24, 2.45) is 0 Å². The summed E-state index contributed by atoms with van der Waals surface area (Å²) in [4.78, 5) is 23.3. The van der Waals surface area contributed by atoms with E-state index >= 15 is 0 Å². The number of esters is 1. The van der Waals surface area contributed by atoms with Crippen LogP contribution in [0.4, 0.5) is 5.82 Å². The minimum Gasteiger partial charge on any atom is -0.459 e. The summed E-state index contributed by atoms with van der Waals surface area (Å²) < 4.78 is 5.38. The maximum Gasteiger partial charge on any atom is 0.320 e. The fourth-order valence-electron chi connectivity index (χ4n) is 3.32. The van der Waals surface area contributed by atoms with Crippen LogP contribution in [0.2, 0.25) is 0 Å². The highest BCUT2D eigenvalue weighted by Crippen LogP contribution is 2.19. The Labute approximate surface area is 144 Å². The Bertz CT molecular complexity index is 544. The van der Waals surface area contributed by atoms with Gasteiger partial charge in [0, 0.05) is 51.5 Å². The topological polar surface area (TPSA) is 48.9 Å². The zero-order valence-corrected chi connectivity index (χ0v) is 14.9. The molecule has 0 atom stereocenters. The predicted molar refractivity (Wildman–Crippen MR) is 94.1 cm³/mol. The standard InChI is InChI=1S/C18H28N4O2/c1-18(2,3)24-17(23)14-20-12-15(13-20)21-8-10-22(11-9-21)16-6-4-5-7-19-16/h4-7,15H,8-14H2,1-3H3. The van der Waals surface area contributed by atoms with Crippen molar-refractivity contribution in [3.63, 3.8) is 0 Å². The van der Waals surface area contributed by atoms with Crippen molar-refractivity contribution >= 4 is 11.8 Å². The molecular formula is C18H28N4O2. The first-order chi connectivity index (χ1) is 11.4. The zero-order valence-electron chi connectivity index (χ0n) is 14.9. The third kappa shape index (κ3) is 4.45. The maximum absolute atomic E-state index is 11.9. The number of aromatic nitrogens is 1. The van der Waals surface area contributed by atoms with Crippen LogP contribution in [0.1, 0.15) is 20.8 Å². The molecule has 0 radical (unpaired) electrons. The van der Waals surface area contributed by atoms with Crippen LogP contribution in [0.15, 0.2) is 24.4 Å². The van der Waals surface area contributed by atoms with E-state index in [9.17, 15) is 4.79 Å². The highest BCUT2D eigenvalue weighted by atomic mass is 16.6. The number of pyridine rings is 1. The molecule has 0 spiro atoms. The van der Waals surface area contributed by atoms with E-state index in [-0.39, 0.29) is 5.97 Å². The van der Waals surface area contributed by atoms with Gasteiger partial charge in [0.15, 0.2) is 0 Å². The first kappa shape index (κ1) is 17.2. The van der Waals surface area contributed by atoms with Gasteiger partial charge >= 0.3 is 5.97 Å². The van der Waals surface area contributed by atoms with Gasteiger partial charge in [-0.25, -0.2) is 4.98 Å². The number of ether oxygens (including phenoxy) is 1. The molecule has 6 heteroatoms. The number of rotatable bonds is 4. The second-order valence-electron chi connectivity index (χ2n) is 7.65. The van der Waals surface area contributed by atoms with Gasteiger partial charge in [-0.3, -0.25) is 14.6 Å². The highest BCUT2D eigenvalue weighted by molar-refractivity contribution is 5.72. The Morgan fingerprint density at radius 3 is 2.50 bits per heavy atom. The Hall–Kier alpha value is -1.66. The fraction of sp³-hybridized carbons (Fsp3) is 0.667. The van der Waals surface area contributed by atoms with Crippen LogP contribution < -0.4 is 4.90 Å². The molecule has 1 aromatic heterocycles. The molecule has 6 nitrogen and oxygen atoms in total. The molecule has 3 rings (SSSR count). The molecule has 0 aliphatic carbocycles. The summed E-state index contributed by atoms with van der Waals surface area (Å²) >= 11 is 0. The van der Waals surface area contributed by atoms with Crippen LogP contribution in [0.3, 0.4) is 0 Å². The average molecular weight is 332 g/mol. The molecule has 0 saturated carbocycles. The van der Waals surface area contributed by atoms with Crippen molar-refractivity contribution in [3.05, 3.63) is 24.4 Å². The number of nitrogens with zero attached hydrogens (tertiary/aromatic N) is 4. The number of carbonyl (C=O) groups is 1. The lowest BCUT2D eigenvalue weighted by atomic mass is 10.1. The number of hydrogen-bond acceptors (Lipinski definition) is 6. The van der Waals surface area contributed by atoms with Crippen LogP contribution in [-0.4, -0.2) is 78.2 Å². The summed E-state index contributed by atoms with van der Waals surface area (Å²) in [5.74, 6) is 0.943. The summed E-state index contributed by atoms with van der Waals surface area (Å²) in [6.07, 6.45) is 1.85. The molecule has 3 heterocycles. The number of anilines is 1. The molecule has 0 unspecified atom stereocenters. The van der Waals surface area contributed by atoms with Crippen molar-refractivity contribution in [1.29, 1.82) is 0 Å². The van der Waals surface area contributed by atoms with Gasteiger partial charge in [0.05, 0.1) is 6.54 Å². The number of carbonyl (C=O) groups excluding carboxylic acids is 1. The number of likely N-dealkylation sites (tertiary alicyclic amines) is 1. The van der Waals surface area contributed by atoms with Crippen LogP contribution in [0, 0.1) is 0 Å². The Morgan fingerprint density at radius 2 is 1.92 bits per heavy atom. The normalized spacial score (nSPS) is 20.7. The van der Waals surface area contributed by atoms with Gasteiger partial charge in [0.25, 0.3) is 0 Å². The van der Waals surface area contributed by atoms with Gasteiger partial charge in [-0.15, -0.1) is 0 Å². The zero-order chi connectivity index (χ0) is 17.2. The minimum absolute atomic E-state index is 0.124. The monoisotopic (exact) mass is 332 g/mol. The summed E-state index contributed by atoms with van der Waals surface area (Å²) in [5, 5.41) is 0. The lowest BCUT2D eigenvalue weighted by molar-refractivity contribution is -0.158. The SMILES string of the molecule is CC(C)(C)OC(=O)CN1CC(N2CCN(c3ccccn3)CC2)C1. The molecule has 2 aliphatic rings. The van der Waals surface area contributed by atoms with Crippen molar-refractivity contribution in [2.75, 3.05) is 50.7 Å². The predicted octanol–water partition coefficient (Wildman–Crippen LogP) is 1.23. The lowest BCUT2D eigenvalue weighted by Crippen LogP contribution is -2.63. The third-order valence-corrected chi connectivity index (χ3v) is 4.51. The summed E-state index contributed by atoms with van der Waals surface area (Å²) in [6, 6.07) is 6.63. The molecule has 0 amide bonds. The molecule has 132 valence electrons. The second-order valence-corrected chi connectivity index (χ2v) is 7.65. The quantitative estimate of drug-likeness (QED) is 0.773. The van der Waals surface area contributed by atoms with E-state index < -0.39 is 5.60 Å². The highest BCUT2D eigenvalue weighted by Gasteiger charge is 2.35. The van der Waals surface area contributed by atoms with Crippen LogP contribution in [0.5, 0.6) is 0 Å². The molecule has 2 saturated heterocycles. The van der Waals surface area contributed by atoms with Gasteiger partial charge in [-0.1, -0.05) is 6.07 Å². The third-order valence-electron chi connectivity index (χ3n) is 4.51. The van der Waals surface area contributed by atoms with E-state index in [4.69, 9.17) is 4.74 Å². The lowest BCUT2D eigenvalue weighted by Gasteiger charge is -2.48. The molecule has 24 heavy (non-hydrogen) atoms. The molecule has 2 aliphatic heterocycles. The smallest absolute Gasteiger partial charge is 0.320 e.